The molecule has 0 atom stereocenters. The molecule has 1 N–H and O–H groups in total. The number of hydrogen-bond acceptors (Lipinski definition) is 1. The monoisotopic (exact) mass is 162 g/mol. The van der Waals surface area contributed by atoms with E-state index in [0.717, 1.165) is 10.3 Å². The summed E-state index contributed by atoms with van der Waals surface area (Å²) in [6, 6.07) is 3.55. The third-order valence-corrected chi connectivity index (χ3v) is 1.32. The van der Waals surface area contributed by atoms with E-state index < -0.39 is 0 Å². The Labute approximate surface area is 72.4 Å². The standard InChI is InChI=1S/C10H12NO/c1-9(2)3-4-10-5-7-11(12)8-6-10/h5-9,12H,1-2H3/q+1. The van der Waals surface area contributed by atoms with Gasteiger partial charge < -0.3 is 0 Å². The van der Waals surface area contributed by atoms with Crippen molar-refractivity contribution in [2.75, 3.05) is 0 Å². The molecule has 62 valence electrons. The van der Waals surface area contributed by atoms with E-state index >= 15 is 0 Å². The molecule has 0 aliphatic rings. The molecular weight excluding hydrogens is 150 g/mol. The van der Waals surface area contributed by atoms with Gasteiger partial charge in [0, 0.05) is 28.3 Å². The van der Waals surface area contributed by atoms with Gasteiger partial charge in [-0.3, -0.25) is 5.21 Å². The van der Waals surface area contributed by atoms with Crippen LogP contribution in [0.1, 0.15) is 19.4 Å². The highest BCUT2D eigenvalue weighted by atomic mass is 16.5. The summed E-state index contributed by atoms with van der Waals surface area (Å²) in [7, 11) is 0. The van der Waals surface area contributed by atoms with Crippen LogP contribution in [-0.4, -0.2) is 5.21 Å². The highest BCUT2D eigenvalue weighted by Crippen LogP contribution is 1.93. The van der Waals surface area contributed by atoms with Crippen LogP contribution in [0.2, 0.25) is 0 Å². The molecule has 2 heteroatoms. The minimum absolute atomic E-state index is 0.381. The number of aromatic nitrogens is 1. The van der Waals surface area contributed by atoms with Gasteiger partial charge in [0.05, 0.1) is 0 Å². The van der Waals surface area contributed by atoms with E-state index in [1.165, 1.54) is 0 Å². The van der Waals surface area contributed by atoms with Crippen molar-refractivity contribution in [1.29, 1.82) is 0 Å². The SMILES string of the molecule is CC(C)C#Cc1cc[n+](O)cc1. The van der Waals surface area contributed by atoms with Crippen molar-refractivity contribution in [1.82, 2.24) is 0 Å². The van der Waals surface area contributed by atoms with Crippen molar-refractivity contribution in [2.24, 2.45) is 5.92 Å². The lowest BCUT2D eigenvalue weighted by Gasteiger charge is -1.88. The van der Waals surface area contributed by atoms with Crippen molar-refractivity contribution >= 4 is 0 Å². The smallest absolute Gasteiger partial charge is 0.223 e. The molecule has 0 saturated heterocycles. The van der Waals surface area contributed by atoms with Gasteiger partial charge >= 0.3 is 0 Å². The van der Waals surface area contributed by atoms with Gasteiger partial charge in [-0.05, 0) is 0 Å². The number of rotatable bonds is 0. The molecule has 0 amide bonds. The molecule has 12 heavy (non-hydrogen) atoms. The summed E-state index contributed by atoms with van der Waals surface area (Å²) >= 11 is 0. The maximum absolute atomic E-state index is 8.90. The Morgan fingerprint density at radius 2 is 1.92 bits per heavy atom. The highest BCUT2D eigenvalue weighted by molar-refractivity contribution is 5.31. The highest BCUT2D eigenvalue weighted by Gasteiger charge is 1.93. The van der Waals surface area contributed by atoms with Crippen molar-refractivity contribution in [3.63, 3.8) is 0 Å². The number of pyridine rings is 1. The van der Waals surface area contributed by atoms with E-state index in [2.05, 4.69) is 11.8 Å². The minimum atomic E-state index is 0.381. The third kappa shape index (κ3) is 2.63. The average molecular weight is 162 g/mol. The Balaban J connectivity index is 2.79. The van der Waals surface area contributed by atoms with Crippen molar-refractivity contribution in [3.8, 4) is 11.8 Å². The van der Waals surface area contributed by atoms with Crippen LogP contribution in [0.25, 0.3) is 0 Å². The predicted octanol–water partition coefficient (Wildman–Crippen LogP) is 1.22. The summed E-state index contributed by atoms with van der Waals surface area (Å²) < 4.78 is 1.00. The molecular formula is C10H12NO+. The van der Waals surface area contributed by atoms with Gasteiger partial charge in [-0.15, -0.1) is 0 Å². The van der Waals surface area contributed by atoms with Crippen molar-refractivity contribution in [3.05, 3.63) is 30.1 Å². The van der Waals surface area contributed by atoms with Crippen LogP contribution in [0.15, 0.2) is 24.5 Å². The quantitative estimate of drug-likeness (QED) is 0.346. The maximum atomic E-state index is 8.90. The lowest BCUT2D eigenvalue weighted by molar-refractivity contribution is -0.904. The largest absolute Gasteiger partial charge is 0.285 e. The maximum Gasteiger partial charge on any atom is 0.223 e. The van der Waals surface area contributed by atoms with Crippen LogP contribution >= 0.6 is 0 Å². The van der Waals surface area contributed by atoms with Gasteiger partial charge in [0.15, 0.2) is 0 Å². The van der Waals surface area contributed by atoms with Crippen LogP contribution in [0.3, 0.4) is 0 Å². The van der Waals surface area contributed by atoms with Crippen LogP contribution < -0.4 is 4.73 Å². The van der Waals surface area contributed by atoms with Gasteiger partial charge in [0.2, 0.25) is 12.4 Å². The molecule has 2 nitrogen and oxygen atoms in total. The predicted molar refractivity (Wildman–Crippen MR) is 45.5 cm³/mol. The van der Waals surface area contributed by atoms with E-state index in [-0.39, 0.29) is 0 Å². The zero-order chi connectivity index (χ0) is 8.97. The third-order valence-electron chi connectivity index (χ3n) is 1.32. The van der Waals surface area contributed by atoms with E-state index in [1.807, 2.05) is 13.8 Å². The molecule has 0 bridgehead atoms. The Morgan fingerprint density at radius 1 is 1.33 bits per heavy atom. The Morgan fingerprint density at radius 3 is 2.42 bits per heavy atom. The Kier molecular flexibility index (Phi) is 2.71. The molecule has 0 unspecified atom stereocenters. The van der Waals surface area contributed by atoms with Crippen LogP contribution in [0.5, 0.6) is 0 Å². The van der Waals surface area contributed by atoms with Gasteiger partial charge in [-0.2, -0.15) is 0 Å². The van der Waals surface area contributed by atoms with Gasteiger partial charge in [0.25, 0.3) is 0 Å². The molecule has 1 aromatic rings. The van der Waals surface area contributed by atoms with Crippen molar-refractivity contribution < 1.29 is 9.94 Å². The first-order valence-electron chi connectivity index (χ1n) is 3.90. The fourth-order valence-corrected chi connectivity index (χ4v) is 0.730. The van der Waals surface area contributed by atoms with Gasteiger partial charge in [-0.1, -0.05) is 25.7 Å². The van der Waals surface area contributed by atoms with Gasteiger partial charge in [0.1, 0.15) is 0 Å². The summed E-state index contributed by atoms with van der Waals surface area (Å²) in [5, 5.41) is 8.90. The normalized spacial score (nSPS) is 9.25. The fraction of sp³-hybridized carbons (Fsp3) is 0.300. The topological polar surface area (TPSA) is 24.1 Å². The molecule has 0 radical (unpaired) electrons. The summed E-state index contributed by atoms with van der Waals surface area (Å²) in [4.78, 5) is 0. The van der Waals surface area contributed by atoms with Crippen LogP contribution in [-0.2, 0) is 0 Å². The molecule has 0 aliphatic heterocycles. The van der Waals surface area contributed by atoms with Crippen molar-refractivity contribution in [2.45, 2.75) is 13.8 Å². The lowest BCUT2D eigenvalue weighted by atomic mass is 10.2. The molecule has 0 saturated carbocycles. The zero-order valence-corrected chi connectivity index (χ0v) is 7.28. The second-order valence-corrected chi connectivity index (χ2v) is 2.89. The molecule has 0 aromatic carbocycles. The van der Waals surface area contributed by atoms with Crippen LogP contribution in [0, 0.1) is 17.8 Å². The summed E-state index contributed by atoms with van der Waals surface area (Å²) in [5.41, 5.74) is 0.925. The van der Waals surface area contributed by atoms with E-state index in [1.54, 1.807) is 24.5 Å². The summed E-state index contributed by atoms with van der Waals surface area (Å²) in [5.74, 6) is 6.42. The average Bonchev–Trinajstić information content (AvgIpc) is 2.03. The van der Waals surface area contributed by atoms with Crippen LogP contribution in [0.4, 0.5) is 0 Å². The summed E-state index contributed by atoms with van der Waals surface area (Å²) in [6.07, 6.45) is 3.12. The lowest BCUT2D eigenvalue weighted by Crippen LogP contribution is -2.27. The first-order valence-corrected chi connectivity index (χ1v) is 3.90. The Hall–Kier alpha value is -1.49. The second-order valence-electron chi connectivity index (χ2n) is 2.89. The fourth-order valence-electron chi connectivity index (χ4n) is 0.730. The molecule has 1 heterocycles. The Bertz CT molecular complexity index is 303. The van der Waals surface area contributed by atoms with E-state index in [4.69, 9.17) is 5.21 Å². The minimum Gasteiger partial charge on any atom is -0.285 e. The van der Waals surface area contributed by atoms with E-state index in [0.29, 0.717) is 5.92 Å². The second kappa shape index (κ2) is 3.77. The first-order chi connectivity index (χ1) is 5.68. The molecule has 0 spiro atoms. The summed E-state index contributed by atoms with van der Waals surface area (Å²) in [6.45, 7) is 4.09. The zero-order valence-electron chi connectivity index (χ0n) is 7.28. The van der Waals surface area contributed by atoms with E-state index in [9.17, 15) is 0 Å². The number of nitrogens with zero attached hydrogens (tertiary/aromatic N) is 1. The molecule has 1 aromatic heterocycles. The number of hydrogen-bond donors (Lipinski definition) is 1. The molecule has 0 fully saturated rings. The first kappa shape index (κ1) is 8.61. The molecule has 0 aliphatic carbocycles. The van der Waals surface area contributed by atoms with Gasteiger partial charge in [-0.25, -0.2) is 0 Å². The molecule has 1 rings (SSSR count).